The van der Waals surface area contributed by atoms with Crippen molar-refractivity contribution in [2.24, 2.45) is 11.5 Å². The molecular formula is C21H20Cl2N8O2. The molecule has 1 fully saturated rings. The van der Waals surface area contributed by atoms with Gasteiger partial charge in [-0.15, -0.1) is 10.2 Å². The molecule has 1 aliphatic rings. The third-order valence-corrected chi connectivity index (χ3v) is 5.95. The maximum atomic E-state index is 11.4. The number of ether oxygens (including phenoxy) is 1. The van der Waals surface area contributed by atoms with Gasteiger partial charge in [0.1, 0.15) is 23.6 Å². The highest BCUT2D eigenvalue weighted by Crippen LogP contribution is 2.28. The molecule has 10 nitrogen and oxygen atoms in total. The third-order valence-electron chi connectivity index (χ3n) is 5.30. The van der Waals surface area contributed by atoms with Crippen LogP contribution in [0.25, 0.3) is 0 Å². The summed E-state index contributed by atoms with van der Waals surface area (Å²) in [7, 11) is 0. The predicted molar refractivity (Wildman–Crippen MR) is 126 cm³/mol. The van der Waals surface area contributed by atoms with E-state index in [0.29, 0.717) is 44.1 Å². The summed E-state index contributed by atoms with van der Waals surface area (Å²) >= 11 is 12.3. The van der Waals surface area contributed by atoms with Crippen LogP contribution in [0.15, 0.2) is 42.7 Å². The summed E-state index contributed by atoms with van der Waals surface area (Å²) in [6.07, 6.45) is 2.97. The highest BCUT2D eigenvalue weighted by molar-refractivity contribution is 6.35. The Labute approximate surface area is 199 Å². The van der Waals surface area contributed by atoms with E-state index in [9.17, 15) is 4.79 Å². The van der Waals surface area contributed by atoms with Crippen LogP contribution in [0.1, 0.15) is 16.8 Å². The van der Waals surface area contributed by atoms with E-state index in [-0.39, 0.29) is 25.4 Å². The maximum absolute atomic E-state index is 11.4. The quantitative estimate of drug-likeness (QED) is 0.289. The lowest BCUT2D eigenvalue weighted by atomic mass is 9.90. The molecule has 0 aliphatic carbocycles. The van der Waals surface area contributed by atoms with Crippen LogP contribution in [0, 0.1) is 5.41 Å². The van der Waals surface area contributed by atoms with Gasteiger partial charge < -0.3 is 26.8 Å². The van der Waals surface area contributed by atoms with Crippen LogP contribution < -0.4 is 26.8 Å². The van der Waals surface area contributed by atoms with Gasteiger partial charge in [0.15, 0.2) is 5.82 Å². The SMILES string of the molecule is N=C(c1ccc(N2CC(N)(C(N)=O)C2)nn1)c1cc(OCc2c(Cl)cncc2Cl)ccc1N. The van der Waals surface area contributed by atoms with Gasteiger partial charge in [-0.25, -0.2) is 0 Å². The average molecular weight is 487 g/mol. The van der Waals surface area contributed by atoms with E-state index in [1.165, 1.54) is 12.4 Å². The number of carbonyl (C=O) groups is 1. The Morgan fingerprint density at radius 1 is 1.15 bits per heavy atom. The summed E-state index contributed by atoms with van der Waals surface area (Å²) in [5.41, 5.74) is 18.0. The Hall–Kier alpha value is -3.47. The van der Waals surface area contributed by atoms with E-state index < -0.39 is 11.4 Å². The molecule has 1 aromatic carbocycles. The van der Waals surface area contributed by atoms with E-state index in [4.69, 9.17) is 50.5 Å². The standard InChI is InChI=1S/C21H20Cl2N8O2/c22-14-6-28-7-15(23)13(14)8-33-11-1-2-16(24)12(5-11)19(25)17-3-4-18(30-29-17)31-9-21(27,10-31)20(26)32/h1-7,25H,8-10,24,27H2,(H2,26,32). The molecule has 0 unspecified atom stereocenters. The lowest BCUT2D eigenvalue weighted by molar-refractivity contribution is -0.123. The van der Waals surface area contributed by atoms with E-state index >= 15 is 0 Å². The number of nitrogen functional groups attached to an aromatic ring is 1. The maximum Gasteiger partial charge on any atom is 0.241 e. The minimum absolute atomic E-state index is 0.0749. The van der Waals surface area contributed by atoms with Gasteiger partial charge in [-0.3, -0.25) is 15.2 Å². The van der Waals surface area contributed by atoms with E-state index in [1.54, 1.807) is 35.2 Å². The number of nitrogens with zero attached hydrogens (tertiary/aromatic N) is 4. The van der Waals surface area contributed by atoms with Crippen LogP contribution in [0.4, 0.5) is 11.5 Å². The highest BCUT2D eigenvalue weighted by atomic mass is 35.5. The number of anilines is 2. The molecule has 3 heterocycles. The largest absolute Gasteiger partial charge is 0.489 e. The van der Waals surface area contributed by atoms with Crippen molar-refractivity contribution in [3.63, 3.8) is 0 Å². The van der Waals surface area contributed by atoms with Crippen LogP contribution in [0.2, 0.25) is 10.0 Å². The Bertz CT molecular complexity index is 1210. The topological polar surface area (TPSA) is 170 Å². The van der Waals surface area contributed by atoms with Gasteiger partial charge in [0.05, 0.1) is 15.8 Å². The molecule has 0 radical (unpaired) electrons. The minimum atomic E-state index is -1.06. The van der Waals surface area contributed by atoms with Crippen molar-refractivity contribution < 1.29 is 9.53 Å². The first-order chi connectivity index (χ1) is 15.7. The molecule has 33 heavy (non-hydrogen) atoms. The second-order valence-electron chi connectivity index (χ2n) is 7.65. The number of benzene rings is 1. The molecule has 1 aliphatic heterocycles. The summed E-state index contributed by atoms with van der Waals surface area (Å²) in [6, 6.07) is 8.31. The van der Waals surface area contributed by atoms with Crippen molar-refractivity contribution in [1.29, 1.82) is 5.41 Å². The number of pyridine rings is 1. The second kappa shape index (κ2) is 8.81. The first kappa shape index (κ1) is 22.7. The number of hydrogen-bond acceptors (Lipinski definition) is 9. The number of amides is 1. The number of hydrogen-bond donors (Lipinski definition) is 4. The monoisotopic (exact) mass is 486 g/mol. The van der Waals surface area contributed by atoms with E-state index in [1.807, 2.05) is 0 Å². The lowest BCUT2D eigenvalue weighted by Crippen LogP contribution is -2.73. The van der Waals surface area contributed by atoms with Crippen LogP contribution in [0.5, 0.6) is 5.75 Å². The number of rotatable bonds is 7. The summed E-state index contributed by atoms with van der Waals surface area (Å²) in [5.74, 6) is 0.449. The van der Waals surface area contributed by atoms with Crippen LogP contribution in [-0.4, -0.2) is 45.4 Å². The molecule has 2 aromatic heterocycles. The Balaban J connectivity index is 1.47. The zero-order valence-corrected chi connectivity index (χ0v) is 18.8. The van der Waals surface area contributed by atoms with E-state index in [2.05, 4.69) is 15.2 Å². The molecule has 12 heteroatoms. The van der Waals surface area contributed by atoms with Crippen molar-refractivity contribution in [2.75, 3.05) is 23.7 Å². The predicted octanol–water partition coefficient (Wildman–Crippen LogP) is 1.76. The first-order valence-electron chi connectivity index (χ1n) is 9.75. The van der Waals surface area contributed by atoms with Gasteiger partial charge in [0.2, 0.25) is 5.91 Å². The fourth-order valence-corrected chi connectivity index (χ4v) is 3.76. The Morgan fingerprint density at radius 2 is 1.85 bits per heavy atom. The van der Waals surface area contributed by atoms with Gasteiger partial charge in [0.25, 0.3) is 0 Å². The van der Waals surface area contributed by atoms with Crippen LogP contribution >= 0.6 is 23.2 Å². The summed E-state index contributed by atoms with van der Waals surface area (Å²) in [4.78, 5) is 17.1. The molecule has 170 valence electrons. The number of halogens is 2. The van der Waals surface area contributed by atoms with Crippen LogP contribution in [-0.2, 0) is 11.4 Å². The fourth-order valence-electron chi connectivity index (χ4n) is 3.29. The summed E-state index contributed by atoms with van der Waals surface area (Å²) in [5, 5.41) is 17.6. The molecule has 7 N–H and O–H groups in total. The number of carbonyl (C=O) groups excluding carboxylic acids is 1. The molecule has 3 aromatic rings. The van der Waals surface area contributed by atoms with Crippen molar-refractivity contribution in [3.8, 4) is 5.75 Å². The number of nitrogens with two attached hydrogens (primary N) is 3. The van der Waals surface area contributed by atoms with Crippen molar-refractivity contribution in [1.82, 2.24) is 15.2 Å². The lowest BCUT2D eigenvalue weighted by Gasteiger charge is -2.45. The highest BCUT2D eigenvalue weighted by Gasteiger charge is 2.45. The van der Waals surface area contributed by atoms with Gasteiger partial charge in [0, 0.05) is 42.3 Å². The molecule has 1 saturated heterocycles. The average Bonchev–Trinajstić information content (AvgIpc) is 2.77. The van der Waals surface area contributed by atoms with Crippen molar-refractivity contribution in [3.05, 3.63) is 69.6 Å². The zero-order chi connectivity index (χ0) is 23.8. The molecule has 0 atom stereocenters. The van der Waals surface area contributed by atoms with Gasteiger partial charge in [-0.05, 0) is 30.3 Å². The summed E-state index contributed by atoms with van der Waals surface area (Å²) < 4.78 is 5.81. The molecule has 0 bridgehead atoms. The molecule has 0 saturated carbocycles. The zero-order valence-electron chi connectivity index (χ0n) is 17.3. The normalized spacial score (nSPS) is 14.5. The smallest absolute Gasteiger partial charge is 0.241 e. The van der Waals surface area contributed by atoms with Gasteiger partial charge >= 0.3 is 0 Å². The van der Waals surface area contributed by atoms with Crippen molar-refractivity contribution in [2.45, 2.75) is 12.1 Å². The van der Waals surface area contributed by atoms with Crippen LogP contribution in [0.3, 0.4) is 0 Å². The molecule has 1 amide bonds. The summed E-state index contributed by atoms with van der Waals surface area (Å²) in [6.45, 7) is 0.631. The molecular weight excluding hydrogens is 467 g/mol. The Kier molecular flexibility index (Phi) is 6.07. The number of nitrogens with one attached hydrogen (secondary N) is 1. The second-order valence-corrected chi connectivity index (χ2v) is 8.46. The fraction of sp³-hybridized carbons (Fsp3) is 0.190. The van der Waals surface area contributed by atoms with Gasteiger partial charge in [-0.2, -0.15) is 0 Å². The number of primary amides is 1. The van der Waals surface area contributed by atoms with E-state index in [0.717, 1.165) is 0 Å². The van der Waals surface area contributed by atoms with Crippen molar-refractivity contribution >= 4 is 46.3 Å². The number of aromatic nitrogens is 3. The first-order valence-corrected chi connectivity index (χ1v) is 10.5. The molecule has 4 rings (SSSR count). The molecule has 0 spiro atoms. The third kappa shape index (κ3) is 4.54. The Morgan fingerprint density at radius 3 is 2.45 bits per heavy atom. The minimum Gasteiger partial charge on any atom is -0.489 e. The van der Waals surface area contributed by atoms with Gasteiger partial charge in [-0.1, -0.05) is 23.2 Å².